The summed E-state index contributed by atoms with van der Waals surface area (Å²) < 4.78 is 0. The second-order valence-electron chi connectivity index (χ2n) is 5.89. The summed E-state index contributed by atoms with van der Waals surface area (Å²) in [5.74, 6) is 0. The fourth-order valence-electron chi connectivity index (χ4n) is 3.00. The van der Waals surface area contributed by atoms with Gasteiger partial charge in [-0.25, -0.2) is 0 Å². The molecule has 2 heterocycles. The van der Waals surface area contributed by atoms with Crippen LogP contribution in [0.25, 0.3) is 5.57 Å². The Kier molecular flexibility index (Phi) is 5.02. The lowest BCUT2D eigenvalue weighted by atomic mass is 9.99. The van der Waals surface area contributed by atoms with Gasteiger partial charge in [-0.05, 0) is 55.6 Å². The molecular formula is C20H24N2. The van der Waals surface area contributed by atoms with Crippen LogP contribution in [0.5, 0.6) is 0 Å². The number of aryl methyl sites for hydroxylation is 1. The zero-order valence-corrected chi connectivity index (χ0v) is 13.3. The normalized spacial score (nSPS) is 16.1. The third kappa shape index (κ3) is 3.63. The molecule has 1 aromatic carbocycles. The molecule has 0 unspecified atom stereocenters. The van der Waals surface area contributed by atoms with Crippen molar-refractivity contribution < 1.29 is 0 Å². The molecule has 0 bridgehead atoms. The first-order valence-corrected chi connectivity index (χ1v) is 8.30. The third-order valence-electron chi connectivity index (χ3n) is 4.37. The van der Waals surface area contributed by atoms with Crippen molar-refractivity contribution in [3.8, 4) is 0 Å². The molecule has 1 fully saturated rings. The molecule has 1 saturated heterocycles. The van der Waals surface area contributed by atoms with Crippen LogP contribution in [-0.4, -0.2) is 29.5 Å². The van der Waals surface area contributed by atoms with Crippen LogP contribution >= 0.6 is 0 Å². The van der Waals surface area contributed by atoms with Crippen LogP contribution in [0.4, 0.5) is 0 Å². The second-order valence-corrected chi connectivity index (χ2v) is 5.89. The number of hydrogen-bond donors (Lipinski definition) is 0. The van der Waals surface area contributed by atoms with Gasteiger partial charge in [0, 0.05) is 18.3 Å². The second kappa shape index (κ2) is 7.37. The Bertz CT molecular complexity index is 608. The summed E-state index contributed by atoms with van der Waals surface area (Å²) in [7, 11) is 0. The third-order valence-corrected chi connectivity index (χ3v) is 4.37. The average molecular weight is 292 g/mol. The number of benzene rings is 1. The van der Waals surface area contributed by atoms with Crippen LogP contribution in [0.3, 0.4) is 0 Å². The number of likely N-dealkylation sites (tertiary alicyclic amines) is 1. The smallest absolute Gasteiger partial charge is 0.0705 e. The van der Waals surface area contributed by atoms with Gasteiger partial charge < -0.3 is 0 Å². The molecule has 114 valence electrons. The Hall–Kier alpha value is -1.93. The first kappa shape index (κ1) is 15.0. The molecule has 1 aliphatic rings. The minimum atomic E-state index is 1.02. The van der Waals surface area contributed by atoms with Crippen LogP contribution in [-0.2, 0) is 6.42 Å². The fourth-order valence-corrected chi connectivity index (χ4v) is 3.00. The van der Waals surface area contributed by atoms with Crippen molar-refractivity contribution in [1.29, 1.82) is 0 Å². The van der Waals surface area contributed by atoms with E-state index in [-0.39, 0.29) is 0 Å². The summed E-state index contributed by atoms with van der Waals surface area (Å²) in [5, 5.41) is 0. The van der Waals surface area contributed by atoms with Crippen molar-refractivity contribution in [3.63, 3.8) is 0 Å². The van der Waals surface area contributed by atoms with E-state index in [0.29, 0.717) is 0 Å². The lowest BCUT2D eigenvalue weighted by Crippen LogP contribution is -2.19. The summed E-state index contributed by atoms with van der Waals surface area (Å²) in [6, 6.07) is 15.0. The monoisotopic (exact) mass is 292 g/mol. The van der Waals surface area contributed by atoms with E-state index in [1.807, 2.05) is 12.3 Å². The predicted octanol–water partition coefficient (Wildman–Crippen LogP) is 4.17. The highest BCUT2D eigenvalue weighted by molar-refractivity contribution is 5.78. The minimum Gasteiger partial charge on any atom is -0.300 e. The molecule has 1 aromatic heterocycles. The van der Waals surface area contributed by atoms with E-state index >= 15 is 0 Å². The highest BCUT2D eigenvalue weighted by Gasteiger charge is 2.11. The number of aromatic nitrogens is 1. The predicted molar refractivity (Wildman–Crippen MR) is 92.8 cm³/mol. The molecule has 2 heteroatoms. The summed E-state index contributed by atoms with van der Waals surface area (Å²) in [5.41, 5.74) is 4.94. The summed E-state index contributed by atoms with van der Waals surface area (Å²) in [6.45, 7) is 5.65. The van der Waals surface area contributed by atoms with Gasteiger partial charge in [-0.15, -0.1) is 0 Å². The quantitative estimate of drug-likeness (QED) is 0.822. The van der Waals surface area contributed by atoms with Crippen LogP contribution in [0.1, 0.15) is 36.6 Å². The van der Waals surface area contributed by atoms with Gasteiger partial charge in [-0.2, -0.15) is 0 Å². The molecule has 0 N–H and O–H groups in total. The molecule has 1 aliphatic heterocycles. The zero-order chi connectivity index (χ0) is 15.2. The van der Waals surface area contributed by atoms with E-state index in [4.69, 9.17) is 0 Å². The van der Waals surface area contributed by atoms with Crippen molar-refractivity contribution in [2.75, 3.05) is 19.6 Å². The molecule has 0 saturated carbocycles. The highest BCUT2D eigenvalue weighted by Crippen LogP contribution is 2.23. The highest BCUT2D eigenvalue weighted by atomic mass is 15.1. The Morgan fingerprint density at radius 3 is 2.50 bits per heavy atom. The molecule has 22 heavy (non-hydrogen) atoms. The maximum Gasteiger partial charge on any atom is 0.0705 e. The van der Waals surface area contributed by atoms with Crippen LogP contribution in [0.2, 0.25) is 0 Å². The SMILES string of the molecule is CCc1ccc(/C(=C/CN2CCCC2)c2ccccn2)cc1. The van der Waals surface area contributed by atoms with Crippen molar-refractivity contribution in [2.24, 2.45) is 0 Å². The Labute approximate surface area is 133 Å². The minimum absolute atomic E-state index is 1.02. The maximum atomic E-state index is 4.56. The molecule has 0 amide bonds. The van der Waals surface area contributed by atoms with Gasteiger partial charge in [0.2, 0.25) is 0 Å². The van der Waals surface area contributed by atoms with Gasteiger partial charge in [0.1, 0.15) is 0 Å². The maximum absolute atomic E-state index is 4.56. The van der Waals surface area contributed by atoms with E-state index < -0.39 is 0 Å². The number of pyridine rings is 1. The van der Waals surface area contributed by atoms with Crippen molar-refractivity contribution >= 4 is 5.57 Å². The molecule has 2 aromatic rings. The van der Waals surface area contributed by atoms with Crippen LogP contribution < -0.4 is 0 Å². The zero-order valence-electron chi connectivity index (χ0n) is 13.3. The number of rotatable bonds is 5. The largest absolute Gasteiger partial charge is 0.300 e. The topological polar surface area (TPSA) is 16.1 Å². The first-order valence-electron chi connectivity index (χ1n) is 8.30. The van der Waals surface area contributed by atoms with E-state index in [2.05, 4.69) is 59.3 Å². The summed E-state index contributed by atoms with van der Waals surface area (Å²) in [4.78, 5) is 7.07. The van der Waals surface area contributed by atoms with Gasteiger partial charge in [0.05, 0.1) is 5.69 Å². The Balaban J connectivity index is 1.89. The molecule has 0 spiro atoms. The van der Waals surface area contributed by atoms with E-state index in [1.54, 1.807) is 0 Å². The molecular weight excluding hydrogens is 268 g/mol. The van der Waals surface area contributed by atoms with Crippen molar-refractivity contribution in [1.82, 2.24) is 9.88 Å². The average Bonchev–Trinajstić information content (AvgIpc) is 3.10. The lowest BCUT2D eigenvalue weighted by molar-refractivity contribution is 0.377. The summed E-state index contributed by atoms with van der Waals surface area (Å²) >= 11 is 0. The fraction of sp³-hybridized carbons (Fsp3) is 0.350. The van der Waals surface area contributed by atoms with E-state index in [9.17, 15) is 0 Å². The van der Waals surface area contributed by atoms with Crippen molar-refractivity contribution in [2.45, 2.75) is 26.2 Å². The van der Waals surface area contributed by atoms with E-state index in [0.717, 1.165) is 18.7 Å². The summed E-state index contributed by atoms with van der Waals surface area (Å²) in [6.07, 6.45) is 7.96. The van der Waals surface area contributed by atoms with Gasteiger partial charge in [-0.3, -0.25) is 9.88 Å². The number of hydrogen-bond acceptors (Lipinski definition) is 2. The van der Waals surface area contributed by atoms with Crippen LogP contribution in [0, 0.1) is 0 Å². The number of nitrogens with zero attached hydrogens (tertiary/aromatic N) is 2. The van der Waals surface area contributed by atoms with Gasteiger partial charge in [-0.1, -0.05) is 43.3 Å². The van der Waals surface area contributed by atoms with Gasteiger partial charge >= 0.3 is 0 Å². The first-order chi connectivity index (χ1) is 10.9. The van der Waals surface area contributed by atoms with Crippen LogP contribution in [0.15, 0.2) is 54.7 Å². The van der Waals surface area contributed by atoms with Gasteiger partial charge in [0.25, 0.3) is 0 Å². The standard InChI is InChI=1S/C20H24N2/c1-2-17-8-10-18(11-9-17)19(20-7-3-4-13-21-20)12-16-22-14-5-6-15-22/h3-4,7-13H,2,5-6,14-16H2,1H3/b19-12-. The molecule has 0 aliphatic carbocycles. The Morgan fingerprint density at radius 1 is 1.09 bits per heavy atom. The molecule has 2 nitrogen and oxygen atoms in total. The molecule has 0 radical (unpaired) electrons. The van der Waals surface area contributed by atoms with Gasteiger partial charge in [0.15, 0.2) is 0 Å². The van der Waals surface area contributed by atoms with E-state index in [1.165, 1.54) is 42.6 Å². The molecule has 3 rings (SSSR count). The Morgan fingerprint density at radius 2 is 1.86 bits per heavy atom. The lowest BCUT2D eigenvalue weighted by Gasteiger charge is -2.14. The molecule has 0 atom stereocenters. The van der Waals surface area contributed by atoms with Crippen molar-refractivity contribution in [3.05, 3.63) is 71.6 Å².